The largest absolute Gasteiger partial charge is 0.398 e. The van der Waals surface area contributed by atoms with E-state index in [4.69, 9.17) is 10.8 Å². The maximum atomic E-state index is 11.3. The Kier molecular flexibility index (Phi) is 3.79. The second-order valence-corrected chi connectivity index (χ2v) is 5.16. The summed E-state index contributed by atoms with van der Waals surface area (Å²) in [4.78, 5) is 13.0. The summed E-state index contributed by atoms with van der Waals surface area (Å²) in [6, 6.07) is 9.50. The number of nitrogen functional groups attached to an aromatic ring is 1. The van der Waals surface area contributed by atoms with Gasteiger partial charge in [-0.15, -0.1) is 11.3 Å². The minimum Gasteiger partial charge on any atom is -0.398 e. The van der Waals surface area contributed by atoms with Crippen molar-refractivity contribution >= 4 is 22.8 Å². The average Bonchev–Trinajstić information content (AvgIpc) is 2.81. The lowest BCUT2D eigenvalue weighted by atomic mass is 10.0. The van der Waals surface area contributed by atoms with E-state index >= 15 is 0 Å². The molecule has 0 fully saturated rings. The molecule has 0 bridgehead atoms. The number of ketones is 1. The molecule has 1 heterocycles. The van der Waals surface area contributed by atoms with E-state index in [2.05, 4.69) is 0 Å². The topological polar surface area (TPSA) is 63.3 Å². The van der Waals surface area contributed by atoms with Gasteiger partial charge in [-0.05, 0) is 31.0 Å². The van der Waals surface area contributed by atoms with Crippen LogP contribution in [0.4, 0.5) is 5.69 Å². The fourth-order valence-corrected chi connectivity index (χ4v) is 2.78. The van der Waals surface area contributed by atoms with Gasteiger partial charge in [0.05, 0.1) is 4.88 Å². The molecule has 0 amide bonds. The van der Waals surface area contributed by atoms with Crippen molar-refractivity contribution in [2.45, 2.75) is 13.3 Å². The SMILES string of the molecule is CC(=O)c1ccc(-c2cccc(CCO)c2N)s1. The van der Waals surface area contributed by atoms with E-state index in [1.165, 1.54) is 11.3 Å². The molecule has 3 N–H and O–H groups in total. The first-order valence-corrected chi connectivity index (χ1v) is 6.54. The first kappa shape index (κ1) is 12.8. The standard InChI is InChI=1S/C14H15NO2S/c1-9(17)12-5-6-13(18-12)11-4-2-3-10(7-8-16)14(11)15/h2-6,16H,7-8,15H2,1H3. The predicted molar refractivity (Wildman–Crippen MR) is 75.0 cm³/mol. The van der Waals surface area contributed by atoms with Crippen molar-refractivity contribution in [3.05, 3.63) is 40.8 Å². The zero-order valence-electron chi connectivity index (χ0n) is 10.1. The van der Waals surface area contributed by atoms with Crippen molar-refractivity contribution in [3.63, 3.8) is 0 Å². The number of anilines is 1. The first-order valence-electron chi connectivity index (χ1n) is 5.73. The second kappa shape index (κ2) is 5.33. The van der Waals surface area contributed by atoms with E-state index < -0.39 is 0 Å². The molecular weight excluding hydrogens is 246 g/mol. The van der Waals surface area contributed by atoms with Crippen molar-refractivity contribution in [2.24, 2.45) is 0 Å². The van der Waals surface area contributed by atoms with Crippen LogP contribution in [0.15, 0.2) is 30.3 Å². The summed E-state index contributed by atoms with van der Waals surface area (Å²) in [5.41, 5.74) is 8.65. The lowest BCUT2D eigenvalue weighted by Crippen LogP contribution is -1.99. The summed E-state index contributed by atoms with van der Waals surface area (Å²) in [5.74, 6) is 0.0661. The lowest BCUT2D eigenvalue weighted by Gasteiger charge is -2.08. The molecule has 0 saturated carbocycles. The number of hydrogen-bond donors (Lipinski definition) is 2. The van der Waals surface area contributed by atoms with Gasteiger partial charge in [-0.25, -0.2) is 0 Å². The average molecular weight is 261 g/mol. The molecule has 4 heteroatoms. The molecule has 94 valence electrons. The molecule has 0 spiro atoms. The number of aliphatic hydroxyl groups excluding tert-OH is 1. The summed E-state index contributed by atoms with van der Waals surface area (Å²) in [6.45, 7) is 1.64. The molecule has 1 aromatic heterocycles. The molecule has 0 aliphatic heterocycles. The van der Waals surface area contributed by atoms with Gasteiger partial charge in [-0.1, -0.05) is 18.2 Å². The summed E-state index contributed by atoms with van der Waals surface area (Å²) in [7, 11) is 0. The fourth-order valence-electron chi connectivity index (χ4n) is 1.84. The highest BCUT2D eigenvalue weighted by atomic mass is 32.1. The number of carbonyl (C=O) groups excluding carboxylic acids is 1. The molecule has 0 radical (unpaired) electrons. The van der Waals surface area contributed by atoms with Gasteiger partial charge in [0.25, 0.3) is 0 Å². The maximum absolute atomic E-state index is 11.3. The number of carbonyl (C=O) groups is 1. The molecule has 0 aliphatic rings. The summed E-state index contributed by atoms with van der Waals surface area (Å²) in [5, 5.41) is 8.98. The molecule has 2 aromatic rings. The van der Waals surface area contributed by atoms with Crippen LogP contribution in [0, 0.1) is 0 Å². The summed E-state index contributed by atoms with van der Waals surface area (Å²) < 4.78 is 0. The van der Waals surface area contributed by atoms with Crippen LogP contribution in [-0.2, 0) is 6.42 Å². The molecular formula is C14H15NO2S. The summed E-state index contributed by atoms with van der Waals surface area (Å²) >= 11 is 1.44. The molecule has 1 aromatic carbocycles. The number of nitrogens with two attached hydrogens (primary N) is 1. The van der Waals surface area contributed by atoms with E-state index in [9.17, 15) is 4.79 Å². The van der Waals surface area contributed by atoms with Crippen molar-refractivity contribution in [1.82, 2.24) is 0 Å². The van der Waals surface area contributed by atoms with Gasteiger partial charge in [0, 0.05) is 22.7 Å². The Labute approximate surface area is 110 Å². The van der Waals surface area contributed by atoms with E-state index in [1.54, 1.807) is 6.92 Å². The van der Waals surface area contributed by atoms with Gasteiger partial charge in [-0.2, -0.15) is 0 Å². The number of Topliss-reactive ketones (excluding diaryl/α,β-unsaturated/α-hetero) is 1. The Bertz CT molecular complexity index is 575. The molecule has 0 aliphatic carbocycles. The van der Waals surface area contributed by atoms with Crippen LogP contribution in [0.25, 0.3) is 10.4 Å². The maximum Gasteiger partial charge on any atom is 0.169 e. The van der Waals surface area contributed by atoms with Gasteiger partial charge < -0.3 is 10.8 Å². The third-order valence-electron chi connectivity index (χ3n) is 2.80. The molecule has 0 unspecified atom stereocenters. The highest BCUT2D eigenvalue weighted by molar-refractivity contribution is 7.17. The molecule has 3 nitrogen and oxygen atoms in total. The van der Waals surface area contributed by atoms with Crippen LogP contribution in [0.3, 0.4) is 0 Å². The van der Waals surface area contributed by atoms with E-state index in [1.807, 2.05) is 30.3 Å². The van der Waals surface area contributed by atoms with Crippen molar-refractivity contribution in [2.75, 3.05) is 12.3 Å². The highest BCUT2D eigenvalue weighted by Crippen LogP contribution is 2.34. The number of hydrogen-bond acceptors (Lipinski definition) is 4. The smallest absolute Gasteiger partial charge is 0.169 e. The van der Waals surface area contributed by atoms with Gasteiger partial charge in [0.1, 0.15) is 0 Å². The molecule has 2 rings (SSSR count). The van der Waals surface area contributed by atoms with Crippen molar-refractivity contribution < 1.29 is 9.90 Å². The number of thiophene rings is 1. The van der Waals surface area contributed by atoms with Crippen LogP contribution >= 0.6 is 11.3 Å². The quantitative estimate of drug-likeness (QED) is 0.657. The first-order chi connectivity index (χ1) is 8.63. The summed E-state index contributed by atoms with van der Waals surface area (Å²) in [6.07, 6.45) is 0.546. The molecule has 18 heavy (non-hydrogen) atoms. The Morgan fingerprint density at radius 3 is 2.72 bits per heavy atom. The van der Waals surface area contributed by atoms with Crippen LogP contribution in [0.1, 0.15) is 22.2 Å². The van der Waals surface area contributed by atoms with E-state index in [-0.39, 0.29) is 12.4 Å². The normalized spacial score (nSPS) is 10.6. The van der Waals surface area contributed by atoms with Gasteiger partial charge >= 0.3 is 0 Å². The van der Waals surface area contributed by atoms with Crippen molar-refractivity contribution in [3.8, 4) is 10.4 Å². The predicted octanol–water partition coefficient (Wildman–Crippen LogP) is 2.73. The highest BCUT2D eigenvalue weighted by Gasteiger charge is 2.10. The number of rotatable bonds is 4. The van der Waals surface area contributed by atoms with Gasteiger partial charge in [0.15, 0.2) is 5.78 Å². The third-order valence-corrected chi connectivity index (χ3v) is 4.02. The molecule has 0 atom stereocenters. The van der Waals surface area contributed by atoms with Crippen LogP contribution in [-0.4, -0.2) is 17.5 Å². The van der Waals surface area contributed by atoms with Crippen molar-refractivity contribution in [1.29, 1.82) is 0 Å². The molecule has 0 saturated heterocycles. The van der Waals surface area contributed by atoms with E-state index in [0.717, 1.165) is 20.9 Å². The Morgan fingerprint density at radius 1 is 1.33 bits per heavy atom. The minimum absolute atomic E-state index is 0.0661. The second-order valence-electron chi connectivity index (χ2n) is 4.07. The Hall–Kier alpha value is -1.65. The fraction of sp³-hybridized carbons (Fsp3) is 0.214. The number of para-hydroxylation sites is 1. The number of benzene rings is 1. The number of aliphatic hydroxyl groups is 1. The Morgan fingerprint density at radius 2 is 2.11 bits per heavy atom. The minimum atomic E-state index is 0.0661. The van der Waals surface area contributed by atoms with Crippen LogP contribution in [0.2, 0.25) is 0 Å². The monoisotopic (exact) mass is 261 g/mol. The van der Waals surface area contributed by atoms with E-state index in [0.29, 0.717) is 12.1 Å². The zero-order chi connectivity index (χ0) is 13.1. The Balaban J connectivity index is 2.43. The zero-order valence-corrected chi connectivity index (χ0v) is 11.0. The van der Waals surface area contributed by atoms with Crippen LogP contribution < -0.4 is 5.73 Å². The van der Waals surface area contributed by atoms with Gasteiger partial charge in [0.2, 0.25) is 0 Å². The lowest BCUT2D eigenvalue weighted by molar-refractivity contribution is 0.102. The third kappa shape index (κ3) is 2.44. The van der Waals surface area contributed by atoms with Crippen LogP contribution in [0.5, 0.6) is 0 Å². The van der Waals surface area contributed by atoms with Gasteiger partial charge in [-0.3, -0.25) is 4.79 Å².